The molecule has 134 valence electrons. The van der Waals surface area contributed by atoms with Crippen molar-refractivity contribution >= 4 is 28.5 Å². The van der Waals surface area contributed by atoms with Crippen molar-refractivity contribution in [3.8, 4) is 22.6 Å². The van der Waals surface area contributed by atoms with E-state index in [9.17, 15) is 9.59 Å². The van der Waals surface area contributed by atoms with E-state index in [4.69, 9.17) is 30.6 Å². The molecule has 0 aliphatic rings. The predicted molar refractivity (Wildman–Crippen MR) is 97.2 cm³/mol. The number of halogens is 1. The van der Waals surface area contributed by atoms with Gasteiger partial charge in [0, 0.05) is 17.5 Å². The minimum absolute atomic E-state index is 0.0387. The van der Waals surface area contributed by atoms with Crippen LogP contribution in [0.1, 0.15) is 6.42 Å². The van der Waals surface area contributed by atoms with E-state index >= 15 is 0 Å². The molecule has 2 aromatic carbocycles. The smallest absolute Gasteiger partial charge is 0.336 e. The van der Waals surface area contributed by atoms with Crippen LogP contribution >= 0.6 is 11.6 Å². The second-order valence-electron chi connectivity index (χ2n) is 5.48. The summed E-state index contributed by atoms with van der Waals surface area (Å²) in [5, 5.41) is 9.63. The maximum absolute atomic E-state index is 12.0. The highest BCUT2D eigenvalue weighted by Gasteiger charge is 2.13. The van der Waals surface area contributed by atoms with Crippen molar-refractivity contribution in [1.82, 2.24) is 0 Å². The number of methoxy groups -OCH3 is 1. The Hall–Kier alpha value is -2.99. The first-order chi connectivity index (χ1) is 12.5. The van der Waals surface area contributed by atoms with E-state index in [-0.39, 0.29) is 18.8 Å². The van der Waals surface area contributed by atoms with Crippen LogP contribution in [0.2, 0.25) is 5.02 Å². The van der Waals surface area contributed by atoms with Crippen molar-refractivity contribution in [2.24, 2.45) is 0 Å². The number of fused-ring (bicyclic) bond motifs is 1. The third kappa shape index (κ3) is 3.81. The number of hydrogen-bond donors (Lipinski definition) is 1. The molecule has 3 aromatic rings. The van der Waals surface area contributed by atoms with Gasteiger partial charge in [0.1, 0.15) is 17.1 Å². The number of carboxylic acids is 1. The van der Waals surface area contributed by atoms with Gasteiger partial charge < -0.3 is 19.0 Å². The molecule has 0 aliphatic carbocycles. The van der Waals surface area contributed by atoms with Crippen LogP contribution in [-0.2, 0) is 4.79 Å². The van der Waals surface area contributed by atoms with Gasteiger partial charge in [-0.05, 0) is 29.3 Å². The molecule has 0 fully saturated rings. The predicted octanol–water partition coefficient (Wildman–Crippen LogP) is 3.98. The maximum atomic E-state index is 12.0. The lowest BCUT2D eigenvalue weighted by atomic mass is 10.0. The second kappa shape index (κ2) is 7.49. The molecule has 0 atom stereocenters. The summed E-state index contributed by atoms with van der Waals surface area (Å²) in [4.78, 5) is 22.6. The summed E-state index contributed by atoms with van der Waals surface area (Å²) in [6, 6.07) is 11.8. The monoisotopic (exact) mass is 374 g/mol. The fraction of sp³-hybridized carbons (Fsp3) is 0.158. The van der Waals surface area contributed by atoms with E-state index in [1.54, 1.807) is 25.3 Å². The van der Waals surface area contributed by atoms with Gasteiger partial charge in [0.2, 0.25) is 0 Å². The molecule has 0 saturated heterocycles. The van der Waals surface area contributed by atoms with Gasteiger partial charge in [-0.15, -0.1) is 0 Å². The minimum atomic E-state index is -0.977. The Morgan fingerprint density at radius 1 is 1.19 bits per heavy atom. The molecule has 3 rings (SSSR count). The first-order valence-electron chi connectivity index (χ1n) is 7.74. The van der Waals surface area contributed by atoms with Crippen molar-refractivity contribution in [2.75, 3.05) is 13.7 Å². The standard InChI is InChI=1S/C19H15ClO6/c1-24-12-4-2-11(3-5-12)13-9-19(23)26-16-10-17(15(20)8-14(13)16)25-7-6-18(21)22/h2-5,8-10H,6-7H2,1H3,(H,21,22). The summed E-state index contributed by atoms with van der Waals surface area (Å²) in [6.07, 6.45) is -0.162. The van der Waals surface area contributed by atoms with Gasteiger partial charge in [0.15, 0.2) is 0 Å². The molecule has 6 nitrogen and oxygen atoms in total. The highest BCUT2D eigenvalue weighted by molar-refractivity contribution is 6.33. The van der Waals surface area contributed by atoms with Crippen LogP contribution in [0.15, 0.2) is 51.7 Å². The van der Waals surface area contributed by atoms with Crippen LogP contribution in [-0.4, -0.2) is 24.8 Å². The Bertz CT molecular complexity index is 1010. The molecule has 26 heavy (non-hydrogen) atoms. The number of rotatable bonds is 6. The van der Waals surface area contributed by atoms with Crippen LogP contribution in [0, 0.1) is 0 Å². The lowest BCUT2D eigenvalue weighted by molar-refractivity contribution is -0.137. The second-order valence-corrected chi connectivity index (χ2v) is 5.89. The molecule has 0 spiro atoms. The molecule has 1 N–H and O–H groups in total. The molecule has 7 heteroatoms. The molecule has 1 heterocycles. The zero-order chi connectivity index (χ0) is 18.7. The van der Waals surface area contributed by atoms with Gasteiger partial charge in [-0.1, -0.05) is 23.7 Å². The van der Waals surface area contributed by atoms with Crippen LogP contribution < -0.4 is 15.1 Å². The lowest BCUT2D eigenvalue weighted by Crippen LogP contribution is -2.05. The van der Waals surface area contributed by atoms with Crippen molar-refractivity contribution in [3.63, 3.8) is 0 Å². The number of hydrogen-bond acceptors (Lipinski definition) is 5. The van der Waals surface area contributed by atoms with Crippen LogP contribution in [0.4, 0.5) is 0 Å². The molecule has 1 aromatic heterocycles. The van der Waals surface area contributed by atoms with Crippen LogP contribution in [0.3, 0.4) is 0 Å². The van der Waals surface area contributed by atoms with E-state index in [0.717, 1.165) is 5.56 Å². The summed E-state index contributed by atoms with van der Waals surface area (Å²) >= 11 is 6.25. The fourth-order valence-corrected chi connectivity index (χ4v) is 2.75. The van der Waals surface area contributed by atoms with Gasteiger partial charge >= 0.3 is 11.6 Å². The number of aliphatic carboxylic acids is 1. The van der Waals surface area contributed by atoms with Crippen molar-refractivity contribution in [1.29, 1.82) is 0 Å². The maximum Gasteiger partial charge on any atom is 0.336 e. The normalized spacial score (nSPS) is 10.7. The van der Waals surface area contributed by atoms with E-state index in [1.807, 2.05) is 12.1 Å². The Balaban J connectivity index is 2.05. The van der Waals surface area contributed by atoms with Gasteiger partial charge in [0.25, 0.3) is 0 Å². The van der Waals surface area contributed by atoms with Crippen LogP contribution in [0.25, 0.3) is 22.1 Å². The molecule has 0 aliphatic heterocycles. The summed E-state index contributed by atoms with van der Waals surface area (Å²) in [7, 11) is 1.58. The highest BCUT2D eigenvalue weighted by atomic mass is 35.5. The zero-order valence-corrected chi connectivity index (χ0v) is 14.6. The Morgan fingerprint density at radius 3 is 2.58 bits per heavy atom. The Morgan fingerprint density at radius 2 is 1.92 bits per heavy atom. The van der Waals surface area contributed by atoms with Gasteiger partial charge in [0.05, 0.1) is 25.2 Å². The summed E-state index contributed by atoms with van der Waals surface area (Å²) in [5.74, 6) is -0.0150. The molecular weight excluding hydrogens is 360 g/mol. The van der Waals surface area contributed by atoms with Crippen molar-refractivity contribution in [3.05, 3.63) is 57.9 Å². The lowest BCUT2D eigenvalue weighted by Gasteiger charge is -2.11. The first kappa shape index (κ1) is 17.8. The summed E-state index contributed by atoms with van der Waals surface area (Å²) in [5.41, 5.74) is 1.26. The molecular formula is C19H15ClO6. The Kier molecular flexibility index (Phi) is 5.14. The summed E-state index contributed by atoms with van der Waals surface area (Å²) in [6.45, 7) is -0.0387. The van der Waals surface area contributed by atoms with Crippen molar-refractivity contribution < 1.29 is 23.8 Å². The largest absolute Gasteiger partial charge is 0.497 e. The van der Waals surface area contributed by atoms with Gasteiger partial charge in [-0.3, -0.25) is 4.79 Å². The van der Waals surface area contributed by atoms with E-state index in [0.29, 0.717) is 27.3 Å². The van der Waals surface area contributed by atoms with Gasteiger partial charge in [-0.25, -0.2) is 4.79 Å². The highest BCUT2D eigenvalue weighted by Crippen LogP contribution is 2.35. The SMILES string of the molecule is COc1ccc(-c2cc(=O)oc3cc(OCCC(=O)O)c(Cl)cc23)cc1. The average molecular weight is 375 g/mol. The molecule has 0 bridgehead atoms. The van der Waals surface area contributed by atoms with Crippen molar-refractivity contribution in [2.45, 2.75) is 6.42 Å². The minimum Gasteiger partial charge on any atom is -0.497 e. The van der Waals surface area contributed by atoms with E-state index in [1.165, 1.54) is 12.1 Å². The van der Waals surface area contributed by atoms with Crippen LogP contribution in [0.5, 0.6) is 11.5 Å². The molecule has 0 amide bonds. The van der Waals surface area contributed by atoms with E-state index in [2.05, 4.69) is 0 Å². The zero-order valence-electron chi connectivity index (χ0n) is 13.8. The average Bonchev–Trinajstić information content (AvgIpc) is 2.62. The number of carbonyl (C=O) groups is 1. The fourth-order valence-electron chi connectivity index (χ4n) is 2.53. The number of benzene rings is 2. The third-order valence-corrected chi connectivity index (χ3v) is 4.07. The number of carboxylic acid groups (broad SMARTS) is 1. The first-order valence-corrected chi connectivity index (χ1v) is 8.12. The molecule has 0 unspecified atom stereocenters. The number of ether oxygens (including phenoxy) is 2. The summed E-state index contributed by atoms with van der Waals surface area (Å²) < 4.78 is 15.8. The van der Waals surface area contributed by atoms with Gasteiger partial charge in [-0.2, -0.15) is 0 Å². The quantitative estimate of drug-likeness (QED) is 0.657. The topological polar surface area (TPSA) is 86.0 Å². The molecule has 0 radical (unpaired) electrons. The molecule has 0 saturated carbocycles. The third-order valence-electron chi connectivity index (χ3n) is 3.77. The van der Waals surface area contributed by atoms with E-state index < -0.39 is 11.6 Å². The Labute approximate surface area is 153 Å².